The van der Waals surface area contributed by atoms with E-state index in [9.17, 15) is 22.8 Å². The van der Waals surface area contributed by atoms with E-state index in [1.165, 1.54) is 13.1 Å². The second kappa shape index (κ2) is 9.90. The molecule has 1 fully saturated rings. The van der Waals surface area contributed by atoms with Gasteiger partial charge in [0.05, 0.1) is 30.2 Å². The Morgan fingerprint density at radius 1 is 1.09 bits per heavy atom. The number of amides is 2. The Kier molecular flexibility index (Phi) is 7.24. The van der Waals surface area contributed by atoms with Gasteiger partial charge in [-0.3, -0.25) is 9.59 Å². The third kappa shape index (κ3) is 5.70. The molecule has 172 valence electrons. The van der Waals surface area contributed by atoms with Crippen LogP contribution in [0.5, 0.6) is 0 Å². The van der Waals surface area contributed by atoms with E-state index in [4.69, 9.17) is 4.74 Å². The average Bonchev–Trinajstić information content (AvgIpc) is 2.78. The quantitative estimate of drug-likeness (QED) is 0.629. The van der Waals surface area contributed by atoms with Crippen molar-refractivity contribution in [1.82, 2.24) is 5.32 Å². The first-order valence-electron chi connectivity index (χ1n) is 10.1. The second-order valence-electron chi connectivity index (χ2n) is 7.34. The van der Waals surface area contributed by atoms with Gasteiger partial charge >= 0.3 is 6.18 Å². The van der Waals surface area contributed by atoms with Crippen molar-refractivity contribution in [2.75, 3.05) is 48.9 Å². The molecule has 1 aliphatic rings. The Bertz CT molecular complexity index is 975. The molecule has 1 saturated heterocycles. The number of halogens is 3. The number of morpholine rings is 1. The molecule has 1 heterocycles. The molecule has 7 nitrogen and oxygen atoms in total. The van der Waals surface area contributed by atoms with Gasteiger partial charge in [0.1, 0.15) is 6.04 Å². The smallest absolute Gasteiger partial charge is 0.378 e. The number of ether oxygens (including phenoxy) is 1. The van der Waals surface area contributed by atoms with Crippen LogP contribution in [0.15, 0.2) is 42.5 Å². The summed E-state index contributed by atoms with van der Waals surface area (Å²) in [5.74, 6) is -0.783. The van der Waals surface area contributed by atoms with Crippen molar-refractivity contribution < 1.29 is 27.5 Å². The summed E-state index contributed by atoms with van der Waals surface area (Å²) in [5.41, 5.74) is 0.690. The molecular formula is C22H25F3N4O3. The highest BCUT2D eigenvalue weighted by atomic mass is 19.4. The number of benzene rings is 2. The maximum absolute atomic E-state index is 13.3. The summed E-state index contributed by atoms with van der Waals surface area (Å²) >= 11 is 0. The van der Waals surface area contributed by atoms with Crippen LogP contribution in [-0.2, 0) is 15.7 Å². The molecule has 32 heavy (non-hydrogen) atoms. The van der Waals surface area contributed by atoms with E-state index < -0.39 is 23.7 Å². The maximum atomic E-state index is 13.3. The molecule has 2 amide bonds. The highest BCUT2D eigenvalue weighted by molar-refractivity contribution is 5.99. The third-order valence-electron chi connectivity index (χ3n) is 5.06. The molecule has 0 bridgehead atoms. The van der Waals surface area contributed by atoms with Gasteiger partial charge in [-0.1, -0.05) is 6.07 Å². The molecule has 0 spiro atoms. The molecule has 0 aliphatic carbocycles. The molecule has 0 radical (unpaired) electrons. The SMILES string of the molecule is CNC(=O)c1cccc(NC(C)C(=O)Nc2cc(C(F)(F)F)ccc2N2CCOCC2)c1. The van der Waals surface area contributed by atoms with Crippen LogP contribution in [0.25, 0.3) is 0 Å². The molecule has 1 atom stereocenters. The normalized spacial score (nSPS) is 15.1. The van der Waals surface area contributed by atoms with Crippen LogP contribution in [-0.4, -0.2) is 51.2 Å². The topological polar surface area (TPSA) is 82.7 Å². The lowest BCUT2D eigenvalue weighted by molar-refractivity contribution is -0.137. The number of anilines is 3. The fraction of sp³-hybridized carbons (Fsp3) is 0.364. The molecule has 0 aromatic heterocycles. The van der Waals surface area contributed by atoms with E-state index in [-0.39, 0.29) is 11.6 Å². The Labute approximate surface area is 183 Å². The van der Waals surface area contributed by atoms with E-state index in [0.29, 0.717) is 43.2 Å². The summed E-state index contributed by atoms with van der Waals surface area (Å²) in [6.45, 7) is 3.51. The number of hydrogen-bond acceptors (Lipinski definition) is 5. The standard InChI is InChI=1S/C22H25F3N4O3/c1-14(27-17-5-3-4-15(12-17)21(31)26-2)20(30)28-18-13-16(22(23,24)25)6-7-19(18)29-8-10-32-11-9-29/h3-7,12-14,27H,8-11H2,1-2H3,(H,26,31)(H,28,30). The molecule has 0 saturated carbocycles. The Hall–Kier alpha value is -3.27. The monoisotopic (exact) mass is 450 g/mol. The minimum atomic E-state index is -4.53. The van der Waals surface area contributed by atoms with Crippen molar-refractivity contribution in [2.24, 2.45) is 0 Å². The highest BCUT2D eigenvalue weighted by Crippen LogP contribution is 2.36. The van der Waals surface area contributed by atoms with Gasteiger partial charge in [0, 0.05) is 31.4 Å². The lowest BCUT2D eigenvalue weighted by Crippen LogP contribution is -2.37. The van der Waals surface area contributed by atoms with Gasteiger partial charge in [0.25, 0.3) is 5.91 Å². The summed E-state index contributed by atoms with van der Waals surface area (Å²) in [7, 11) is 1.51. The summed E-state index contributed by atoms with van der Waals surface area (Å²) in [6.07, 6.45) is -4.53. The van der Waals surface area contributed by atoms with Crippen molar-refractivity contribution in [3.05, 3.63) is 53.6 Å². The van der Waals surface area contributed by atoms with Crippen molar-refractivity contribution in [3.63, 3.8) is 0 Å². The lowest BCUT2D eigenvalue weighted by atomic mass is 10.1. The van der Waals surface area contributed by atoms with Crippen LogP contribution in [0.4, 0.5) is 30.2 Å². The molecule has 3 rings (SSSR count). The maximum Gasteiger partial charge on any atom is 0.416 e. The first-order chi connectivity index (χ1) is 15.2. The van der Waals surface area contributed by atoms with E-state index in [0.717, 1.165) is 12.1 Å². The number of rotatable bonds is 6. The van der Waals surface area contributed by atoms with E-state index in [1.807, 2.05) is 4.90 Å². The van der Waals surface area contributed by atoms with Crippen LogP contribution in [0.2, 0.25) is 0 Å². The van der Waals surface area contributed by atoms with Crippen LogP contribution in [0, 0.1) is 0 Å². The van der Waals surface area contributed by atoms with E-state index in [2.05, 4.69) is 16.0 Å². The van der Waals surface area contributed by atoms with Crippen LogP contribution in [0.3, 0.4) is 0 Å². The predicted octanol–water partition coefficient (Wildman–Crippen LogP) is 3.34. The fourth-order valence-corrected chi connectivity index (χ4v) is 3.34. The third-order valence-corrected chi connectivity index (χ3v) is 5.06. The molecule has 1 aliphatic heterocycles. The van der Waals surface area contributed by atoms with E-state index in [1.54, 1.807) is 31.2 Å². The molecule has 1 unspecified atom stereocenters. The minimum Gasteiger partial charge on any atom is -0.378 e. The number of nitrogens with one attached hydrogen (secondary N) is 3. The zero-order valence-electron chi connectivity index (χ0n) is 17.8. The van der Waals surface area contributed by atoms with Gasteiger partial charge in [-0.2, -0.15) is 13.2 Å². The number of carbonyl (C=O) groups excluding carboxylic acids is 2. The van der Waals surface area contributed by atoms with Gasteiger partial charge in [-0.25, -0.2) is 0 Å². The number of alkyl halides is 3. The lowest BCUT2D eigenvalue weighted by Gasteiger charge is -2.31. The number of carbonyl (C=O) groups is 2. The average molecular weight is 450 g/mol. The summed E-state index contributed by atoms with van der Waals surface area (Å²) in [5, 5.41) is 8.12. The van der Waals surface area contributed by atoms with Crippen molar-refractivity contribution in [2.45, 2.75) is 19.1 Å². The Morgan fingerprint density at radius 3 is 2.47 bits per heavy atom. The molecule has 2 aromatic carbocycles. The van der Waals surface area contributed by atoms with Crippen LogP contribution in [0.1, 0.15) is 22.8 Å². The molecule has 2 aromatic rings. The minimum absolute atomic E-state index is 0.0829. The first-order valence-corrected chi connectivity index (χ1v) is 10.1. The molecular weight excluding hydrogens is 425 g/mol. The molecule has 10 heteroatoms. The number of nitrogens with zero attached hydrogens (tertiary/aromatic N) is 1. The summed E-state index contributed by atoms with van der Waals surface area (Å²) < 4.78 is 45.1. The zero-order chi connectivity index (χ0) is 23.3. The van der Waals surface area contributed by atoms with E-state index >= 15 is 0 Å². The second-order valence-corrected chi connectivity index (χ2v) is 7.34. The van der Waals surface area contributed by atoms with Crippen molar-refractivity contribution in [1.29, 1.82) is 0 Å². The van der Waals surface area contributed by atoms with Crippen LogP contribution >= 0.6 is 0 Å². The summed E-state index contributed by atoms with van der Waals surface area (Å²) in [4.78, 5) is 26.5. The number of hydrogen-bond donors (Lipinski definition) is 3. The van der Waals surface area contributed by atoms with Gasteiger partial charge in [0.15, 0.2) is 0 Å². The van der Waals surface area contributed by atoms with Gasteiger partial charge in [-0.15, -0.1) is 0 Å². The van der Waals surface area contributed by atoms with Gasteiger partial charge < -0.3 is 25.6 Å². The predicted molar refractivity (Wildman–Crippen MR) is 116 cm³/mol. The van der Waals surface area contributed by atoms with Gasteiger partial charge in [0.2, 0.25) is 5.91 Å². The van der Waals surface area contributed by atoms with Crippen LogP contribution < -0.4 is 20.9 Å². The molecule has 3 N–H and O–H groups in total. The highest BCUT2D eigenvalue weighted by Gasteiger charge is 2.32. The zero-order valence-corrected chi connectivity index (χ0v) is 17.8. The Morgan fingerprint density at radius 2 is 1.81 bits per heavy atom. The largest absolute Gasteiger partial charge is 0.416 e. The fourth-order valence-electron chi connectivity index (χ4n) is 3.34. The summed E-state index contributed by atoms with van der Waals surface area (Å²) in [6, 6.07) is 9.13. The Balaban J connectivity index is 1.80. The van der Waals surface area contributed by atoms with Crippen molar-refractivity contribution in [3.8, 4) is 0 Å². The van der Waals surface area contributed by atoms with Crippen molar-refractivity contribution >= 4 is 28.9 Å². The first kappa shape index (κ1) is 23.4. The van der Waals surface area contributed by atoms with Gasteiger partial charge in [-0.05, 0) is 43.3 Å².